The van der Waals surface area contributed by atoms with E-state index in [0.717, 1.165) is 16.9 Å². The first-order chi connectivity index (χ1) is 6.61. The van der Waals surface area contributed by atoms with Gasteiger partial charge in [-0.3, -0.25) is 0 Å². The summed E-state index contributed by atoms with van der Waals surface area (Å²) in [5.41, 5.74) is 3.30. The molecule has 2 nitrogen and oxygen atoms in total. The molecule has 0 radical (unpaired) electrons. The largest absolute Gasteiger partial charge is 0.490 e. The van der Waals surface area contributed by atoms with Crippen molar-refractivity contribution in [3.63, 3.8) is 0 Å². The lowest BCUT2D eigenvalue weighted by molar-refractivity contribution is 0.140. The summed E-state index contributed by atoms with van der Waals surface area (Å²) in [5.74, 6) is 1.35. The number of aryl methyl sites for hydroxylation is 1. The minimum Gasteiger partial charge on any atom is -0.490 e. The van der Waals surface area contributed by atoms with E-state index in [4.69, 9.17) is 4.74 Å². The van der Waals surface area contributed by atoms with Crippen LogP contribution in [-0.4, -0.2) is 11.7 Å². The standard InChI is InChI=1S/C12H16O2/c1-7(2)9-5-4-8(3)11-10(13)6-14-12(9)11/h4-5,7,10,13H,6H2,1-3H3. The molecule has 1 N–H and O–H groups in total. The van der Waals surface area contributed by atoms with E-state index in [1.54, 1.807) is 0 Å². The Morgan fingerprint density at radius 2 is 2.14 bits per heavy atom. The maximum atomic E-state index is 9.74. The Kier molecular flexibility index (Phi) is 2.23. The Bertz CT molecular complexity index is 356. The van der Waals surface area contributed by atoms with Crippen LogP contribution in [0, 0.1) is 6.92 Å². The van der Waals surface area contributed by atoms with E-state index in [1.807, 2.05) is 6.92 Å². The maximum Gasteiger partial charge on any atom is 0.129 e. The number of fused-ring (bicyclic) bond motifs is 1. The number of aliphatic hydroxyl groups excluding tert-OH is 1. The highest BCUT2D eigenvalue weighted by Crippen LogP contribution is 2.40. The first kappa shape index (κ1) is 9.53. The van der Waals surface area contributed by atoms with Gasteiger partial charge in [-0.1, -0.05) is 26.0 Å². The van der Waals surface area contributed by atoms with E-state index in [0.29, 0.717) is 12.5 Å². The van der Waals surface area contributed by atoms with Crippen molar-refractivity contribution < 1.29 is 9.84 Å². The molecule has 1 heterocycles. The second kappa shape index (κ2) is 3.28. The lowest BCUT2D eigenvalue weighted by Crippen LogP contribution is -1.98. The van der Waals surface area contributed by atoms with Crippen molar-refractivity contribution in [3.8, 4) is 5.75 Å². The molecule has 0 saturated heterocycles. The minimum absolute atomic E-state index is 0.403. The fraction of sp³-hybridized carbons (Fsp3) is 0.500. The minimum atomic E-state index is -0.441. The molecule has 0 bridgehead atoms. The van der Waals surface area contributed by atoms with Gasteiger partial charge < -0.3 is 9.84 Å². The van der Waals surface area contributed by atoms with Crippen LogP contribution in [0.1, 0.15) is 42.6 Å². The first-order valence-corrected chi connectivity index (χ1v) is 5.05. The predicted octanol–water partition coefficient (Wildman–Crippen LogP) is 2.54. The highest BCUT2D eigenvalue weighted by atomic mass is 16.5. The maximum absolute atomic E-state index is 9.74. The van der Waals surface area contributed by atoms with E-state index in [2.05, 4.69) is 26.0 Å². The summed E-state index contributed by atoms with van der Waals surface area (Å²) in [5, 5.41) is 9.74. The van der Waals surface area contributed by atoms with Crippen molar-refractivity contribution in [1.29, 1.82) is 0 Å². The number of hydrogen-bond acceptors (Lipinski definition) is 2. The normalized spacial score (nSPS) is 19.6. The Labute approximate surface area is 84.5 Å². The number of aliphatic hydroxyl groups is 1. The molecule has 1 aliphatic heterocycles. The van der Waals surface area contributed by atoms with Gasteiger partial charge in [0.1, 0.15) is 18.5 Å². The Morgan fingerprint density at radius 3 is 2.79 bits per heavy atom. The van der Waals surface area contributed by atoms with Crippen LogP contribution in [-0.2, 0) is 0 Å². The number of rotatable bonds is 1. The van der Waals surface area contributed by atoms with Gasteiger partial charge in [-0.2, -0.15) is 0 Å². The van der Waals surface area contributed by atoms with E-state index in [1.165, 1.54) is 5.56 Å². The Morgan fingerprint density at radius 1 is 1.43 bits per heavy atom. The molecular weight excluding hydrogens is 176 g/mol. The zero-order chi connectivity index (χ0) is 10.3. The van der Waals surface area contributed by atoms with Crippen LogP contribution in [0.2, 0.25) is 0 Å². The second-order valence-corrected chi connectivity index (χ2v) is 4.20. The molecule has 1 atom stereocenters. The van der Waals surface area contributed by atoms with Gasteiger partial charge in [-0.05, 0) is 24.0 Å². The first-order valence-electron chi connectivity index (χ1n) is 5.05. The van der Waals surface area contributed by atoms with Crippen LogP contribution >= 0.6 is 0 Å². The van der Waals surface area contributed by atoms with Crippen molar-refractivity contribution >= 4 is 0 Å². The summed E-state index contributed by atoms with van der Waals surface area (Å²) in [6.45, 7) is 6.69. The molecule has 0 saturated carbocycles. The highest BCUT2D eigenvalue weighted by Gasteiger charge is 2.27. The Hall–Kier alpha value is -1.02. The van der Waals surface area contributed by atoms with Gasteiger partial charge in [0.2, 0.25) is 0 Å². The van der Waals surface area contributed by atoms with Crippen molar-refractivity contribution in [2.45, 2.75) is 32.8 Å². The summed E-state index contributed by atoms with van der Waals surface area (Å²) >= 11 is 0. The fourth-order valence-corrected chi connectivity index (χ4v) is 1.99. The molecule has 0 spiro atoms. The monoisotopic (exact) mass is 192 g/mol. The molecular formula is C12H16O2. The number of ether oxygens (including phenoxy) is 1. The van der Waals surface area contributed by atoms with Gasteiger partial charge in [-0.25, -0.2) is 0 Å². The van der Waals surface area contributed by atoms with Gasteiger partial charge in [0, 0.05) is 5.56 Å². The van der Waals surface area contributed by atoms with Crippen molar-refractivity contribution in [2.24, 2.45) is 0 Å². The Balaban J connectivity index is 2.59. The molecule has 76 valence electrons. The molecule has 1 unspecified atom stereocenters. The molecule has 1 aromatic carbocycles. The average molecular weight is 192 g/mol. The van der Waals surface area contributed by atoms with Gasteiger partial charge in [0.15, 0.2) is 0 Å². The molecule has 2 heteroatoms. The molecule has 14 heavy (non-hydrogen) atoms. The van der Waals surface area contributed by atoms with Crippen molar-refractivity contribution in [1.82, 2.24) is 0 Å². The van der Waals surface area contributed by atoms with Gasteiger partial charge >= 0.3 is 0 Å². The zero-order valence-electron chi connectivity index (χ0n) is 8.87. The zero-order valence-corrected chi connectivity index (χ0v) is 8.87. The summed E-state index contributed by atoms with van der Waals surface area (Å²) in [4.78, 5) is 0. The van der Waals surface area contributed by atoms with Gasteiger partial charge in [0.05, 0.1) is 0 Å². The number of benzene rings is 1. The van der Waals surface area contributed by atoms with Crippen LogP contribution in [0.4, 0.5) is 0 Å². The second-order valence-electron chi connectivity index (χ2n) is 4.20. The lowest BCUT2D eigenvalue weighted by atomic mass is 9.95. The van der Waals surface area contributed by atoms with Crippen LogP contribution in [0.15, 0.2) is 12.1 Å². The topological polar surface area (TPSA) is 29.5 Å². The van der Waals surface area contributed by atoms with Crippen LogP contribution < -0.4 is 4.74 Å². The predicted molar refractivity (Wildman–Crippen MR) is 55.7 cm³/mol. The number of hydrogen-bond donors (Lipinski definition) is 1. The third-order valence-corrected chi connectivity index (χ3v) is 2.79. The molecule has 0 fully saturated rings. The van der Waals surface area contributed by atoms with E-state index >= 15 is 0 Å². The van der Waals surface area contributed by atoms with Gasteiger partial charge in [0.25, 0.3) is 0 Å². The molecule has 2 rings (SSSR count). The lowest BCUT2D eigenvalue weighted by Gasteiger charge is -2.12. The van der Waals surface area contributed by atoms with Crippen molar-refractivity contribution in [2.75, 3.05) is 6.61 Å². The van der Waals surface area contributed by atoms with E-state index < -0.39 is 6.10 Å². The third kappa shape index (κ3) is 1.30. The summed E-state index contributed by atoms with van der Waals surface area (Å²) in [6.07, 6.45) is -0.441. The smallest absolute Gasteiger partial charge is 0.129 e. The highest BCUT2D eigenvalue weighted by molar-refractivity contribution is 5.50. The molecule has 1 aromatic rings. The molecule has 0 amide bonds. The molecule has 1 aliphatic rings. The van der Waals surface area contributed by atoms with Crippen LogP contribution in [0.25, 0.3) is 0 Å². The average Bonchev–Trinajstić information content (AvgIpc) is 2.49. The molecule has 0 aromatic heterocycles. The quantitative estimate of drug-likeness (QED) is 0.741. The van der Waals surface area contributed by atoms with Crippen molar-refractivity contribution in [3.05, 3.63) is 28.8 Å². The summed E-state index contributed by atoms with van der Waals surface area (Å²) < 4.78 is 5.53. The van der Waals surface area contributed by atoms with Crippen LogP contribution in [0.5, 0.6) is 5.75 Å². The summed E-state index contributed by atoms with van der Waals surface area (Å²) in [7, 11) is 0. The van der Waals surface area contributed by atoms with E-state index in [9.17, 15) is 5.11 Å². The van der Waals surface area contributed by atoms with Gasteiger partial charge in [-0.15, -0.1) is 0 Å². The van der Waals surface area contributed by atoms with Crippen LogP contribution in [0.3, 0.4) is 0 Å². The SMILES string of the molecule is Cc1ccc(C(C)C)c2c1C(O)CO2. The summed E-state index contributed by atoms with van der Waals surface area (Å²) in [6, 6.07) is 4.16. The molecule has 0 aliphatic carbocycles. The van der Waals surface area contributed by atoms with E-state index in [-0.39, 0.29) is 0 Å². The third-order valence-electron chi connectivity index (χ3n) is 2.79. The fourth-order valence-electron chi connectivity index (χ4n) is 1.99.